The summed E-state index contributed by atoms with van der Waals surface area (Å²) in [6.07, 6.45) is 3.40. The van der Waals surface area contributed by atoms with Crippen LogP contribution < -0.4 is 10.6 Å². The Morgan fingerprint density at radius 2 is 2.00 bits per heavy atom. The Kier molecular flexibility index (Phi) is 8.22. The molecule has 3 heterocycles. The van der Waals surface area contributed by atoms with Gasteiger partial charge in [0.15, 0.2) is 0 Å². The van der Waals surface area contributed by atoms with Gasteiger partial charge in [0.05, 0.1) is 13.0 Å². The Morgan fingerprint density at radius 3 is 2.74 bits per heavy atom. The van der Waals surface area contributed by atoms with E-state index in [4.69, 9.17) is 4.74 Å². The number of carbonyl (C=O) groups is 3. The average molecular weight is 481 g/mol. The largest absolute Gasteiger partial charge is 0.456 e. The summed E-state index contributed by atoms with van der Waals surface area (Å²) in [5.74, 6) is -0.900. The monoisotopic (exact) mass is 480 g/mol. The third-order valence-corrected chi connectivity index (χ3v) is 6.42. The summed E-state index contributed by atoms with van der Waals surface area (Å²) in [5.41, 5.74) is 0.872. The van der Waals surface area contributed by atoms with Gasteiger partial charge in [-0.2, -0.15) is 12.6 Å². The SMILES string of the molecule is CC(C)C1NC(=O)c2csc(n2)-c2csc(n2)CNC(=O)C[C@@H](/C=C/CCS)OC1=O. The molecule has 1 aliphatic heterocycles. The molecule has 2 atom stereocenters. The van der Waals surface area contributed by atoms with E-state index < -0.39 is 24.0 Å². The molecule has 1 unspecified atom stereocenters. The van der Waals surface area contributed by atoms with Crippen LogP contribution in [0.4, 0.5) is 0 Å². The minimum absolute atomic E-state index is 0.0283. The lowest BCUT2D eigenvalue weighted by molar-refractivity contribution is -0.151. The Morgan fingerprint density at radius 1 is 1.23 bits per heavy atom. The van der Waals surface area contributed by atoms with Crippen molar-refractivity contribution in [1.29, 1.82) is 0 Å². The summed E-state index contributed by atoms with van der Waals surface area (Å²) in [6.45, 7) is 3.89. The summed E-state index contributed by atoms with van der Waals surface area (Å²) in [6, 6.07) is -0.875. The molecule has 0 spiro atoms. The van der Waals surface area contributed by atoms with Crippen LogP contribution in [-0.4, -0.2) is 45.7 Å². The van der Waals surface area contributed by atoms with E-state index in [0.29, 0.717) is 22.9 Å². The number of allylic oxidation sites excluding steroid dienone is 1. The molecule has 2 amide bonds. The van der Waals surface area contributed by atoms with Crippen LogP contribution in [0.2, 0.25) is 0 Å². The Labute approximate surface area is 193 Å². The number of thiazole rings is 2. The molecule has 0 radical (unpaired) electrons. The number of hydrogen-bond acceptors (Lipinski definition) is 9. The van der Waals surface area contributed by atoms with Gasteiger partial charge in [0, 0.05) is 10.8 Å². The fourth-order valence-electron chi connectivity index (χ4n) is 2.82. The van der Waals surface area contributed by atoms with Crippen molar-refractivity contribution in [2.24, 2.45) is 5.92 Å². The lowest BCUT2D eigenvalue weighted by Gasteiger charge is -2.23. The van der Waals surface area contributed by atoms with Gasteiger partial charge < -0.3 is 15.4 Å². The van der Waals surface area contributed by atoms with E-state index in [-0.39, 0.29) is 30.5 Å². The molecule has 4 bridgehead atoms. The summed E-state index contributed by atoms with van der Waals surface area (Å²) < 4.78 is 5.60. The van der Waals surface area contributed by atoms with Crippen LogP contribution in [0.5, 0.6) is 0 Å². The number of esters is 1. The molecule has 0 fully saturated rings. The van der Waals surface area contributed by atoms with Crippen LogP contribution >= 0.6 is 35.3 Å². The predicted molar refractivity (Wildman–Crippen MR) is 123 cm³/mol. The maximum absolute atomic E-state index is 12.9. The van der Waals surface area contributed by atoms with E-state index >= 15 is 0 Å². The Balaban J connectivity index is 1.90. The number of rotatable bonds is 4. The van der Waals surface area contributed by atoms with Crippen LogP contribution in [-0.2, 0) is 20.9 Å². The Hall–Kier alpha value is -2.24. The number of carbonyl (C=O) groups excluding carboxylic acids is 3. The first-order valence-corrected chi connectivity index (χ1v) is 12.2. The molecule has 0 saturated heterocycles. The number of ether oxygens (including phenoxy) is 1. The fraction of sp³-hybridized carbons (Fsp3) is 0.450. The minimum atomic E-state index is -0.875. The smallest absolute Gasteiger partial charge is 0.329 e. The van der Waals surface area contributed by atoms with Crippen molar-refractivity contribution in [3.63, 3.8) is 0 Å². The van der Waals surface area contributed by atoms with Crippen molar-refractivity contribution in [3.8, 4) is 10.7 Å². The number of nitrogens with one attached hydrogen (secondary N) is 2. The van der Waals surface area contributed by atoms with Crippen molar-refractivity contribution in [2.45, 2.75) is 45.4 Å². The normalized spacial score (nSPS) is 20.6. The lowest BCUT2D eigenvalue weighted by Crippen LogP contribution is -2.46. The predicted octanol–water partition coefficient (Wildman–Crippen LogP) is 2.83. The number of fused-ring (bicyclic) bond motifs is 5. The highest BCUT2D eigenvalue weighted by Crippen LogP contribution is 2.25. The van der Waals surface area contributed by atoms with Gasteiger partial charge in [0.2, 0.25) is 5.91 Å². The van der Waals surface area contributed by atoms with Gasteiger partial charge in [-0.3, -0.25) is 9.59 Å². The van der Waals surface area contributed by atoms with Crippen molar-refractivity contribution in [1.82, 2.24) is 20.6 Å². The molecule has 8 nitrogen and oxygen atoms in total. The number of aromatic nitrogens is 2. The molecule has 2 N–H and O–H groups in total. The highest BCUT2D eigenvalue weighted by atomic mass is 32.1. The first-order valence-electron chi connectivity index (χ1n) is 9.83. The van der Waals surface area contributed by atoms with E-state index in [2.05, 4.69) is 33.2 Å². The fourth-order valence-corrected chi connectivity index (χ4v) is 4.52. The maximum Gasteiger partial charge on any atom is 0.329 e. The zero-order valence-electron chi connectivity index (χ0n) is 17.2. The standard InChI is InChI=1S/C20H24N4O4S3/c1-11(2)17-20(27)28-12(5-3-4-6-29)7-15(25)21-8-16-22-14(10-30-16)19-23-13(9-31-19)18(26)24-17/h3,5,9-12,17,29H,4,6-8H2,1-2H3,(H,21,25)(H,24,26)/b5-3+/t12-,17?/m1/s1. The van der Waals surface area contributed by atoms with E-state index in [1.54, 1.807) is 11.5 Å². The van der Waals surface area contributed by atoms with E-state index in [1.807, 2.05) is 25.3 Å². The van der Waals surface area contributed by atoms with Crippen molar-refractivity contribution < 1.29 is 19.1 Å². The second-order valence-corrected chi connectivity index (χ2v) is 9.50. The number of thiol groups is 1. The zero-order chi connectivity index (χ0) is 22.4. The van der Waals surface area contributed by atoms with E-state index in [1.165, 1.54) is 22.7 Å². The molecule has 11 heteroatoms. The highest BCUT2D eigenvalue weighted by molar-refractivity contribution is 7.80. The van der Waals surface area contributed by atoms with Crippen LogP contribution in [0.1, 0.15) is 42.2 Å². The first-order chi connectivity index (χ1) is 14.9. The zero-order valence-corrected chi connectivity index (χ0v) is 19.7. The lowest BCUT2D eigenvalue weighted by atomic mass is 10.0. The summed E-state index contributed by atoms with van der Waals surface area (Å²) in [7, 11) is 0. The molecular weight excluding hydrogens is 456 g/mol. The van der Waals surface area contributed by atoms with Crippen molar-refractivity contribution in [2.75, 3.05) is 5.75 Å². The molecule has 0 aliphatic carbocycles. The molecule has 1 aliphatic rings. The van der Waals surface area contributed by atoms with Gasteiger partial charge in [-0.15, -0.1) is 22.7 Å². The second-order valence-electron chi connectivity index (χ2n) is 7.26. The van der Waals surface area contributed by atoms with E-state index in [9.17, 15) is 14.4 Å². The minimum Gasteiger partial charge on any atom is -0.456 e. The van der Waals surface area contributed by atoms with Gasteiger partial charge in [-0.25, -0.2) is 14.8 Å². The second kappa shape index (κ2) is 10.9. The van der Waals surface area contributed by atoms with Crippen LogP contribution in [0.25, 0.3) is 10.7 Å². The van der Waals surface area contributed by atoms with Crippen LogP contribution in [0.3, 0.4) is 0 Å². The molecular formula is C20H24N4O4S3. The number of hydrogen-bond donors (Lipinski definition) is 3. The van der Waals surface area contributed by atoms with Gasteiger partial charge in [-0.05, 0) is 24.2 Å². The summed E-state index contributed by atoms with van der Waals surface area (Å²) >= 11 is 6.86. The van der Waals surface area contributed by atoms with Crippen LogP contribution in [0.15, 0.2) is 22.9 Å². The molecule has 2 aromatic rings. The third kappa shape index (κ3) is 6.37. The molecule has 31 heavy (non-hydrogen) atoms. The van der Waals surface area contributed by atoms with Crippen LogP contribution in [0, 0.1) is 5.92 Å². The first kappa shape index (κ1) is 23.4. The molecule has 2 aromatic heterocycles. The van der Waals surface area contributed by atoms with Crippen molar-refractivity contribution in [3.05, 3.63) is 33.6 Å². The summed E-state index contributed by atoms with van der Waals surface area (Å²) in [4.78, 5) is 46.9. The quantitative estimate of drug-likeness (QED) is 0.353. The van der Waals surface area contributed by atoms with Gasteiger partial charge in [0.25, 0.3) is 5.91 Å². The summed E-state index contributed by atoms with van der Waals surface area (Å²) in [5, 5.41) is 10.3. The third-order valence-electron chi connectivity index (χ3n) is 4.45. The molecule has 3 rings (SSSR count). The van der Waals surface area contributed by atoms with Gasteiger partial charge >= 0.3 is 5.97 Å². The van der Waals surface area contributed by atoms with Gasteiger partial charge in [0.1, 0.15) is 33.5 Å². The number of cyclic esters (lactones) is 1. The topological polar surface area (TPSA) is 110 Å². The van der Waals surface area contributed by atoms with Crippen molar-refractivity contribution >= 4 is 53.1 Å². The average Bonchev–Trinajstić information content (AvgIpc) is 3.39. The molecule has 0 saturated carbocycles. The number of amides is 2. The highest BCUT2D eigenvalue weighted by Gasteiger charge is 2.29. The number of nitrogens with zero attached hydrogens (tertiary/aromatic N) is 2. The van der Waals surface area contributed by atoms with E-state index in [0.717, 1.165) is 5.01 Å². The molecule has 166 valence electrons. The Bertz CT molecular complexity index is 969. The maximum atomic E-state index is 12.9. The van der Waals surface area contributed by atoms with Gasteiger partial charge in [-0.1, -0.05) is 19.9 Å². The molecule has 0 aromatic carbocycles.